The van der Waals surface area contributed by atoms with Crippen LogP contribution in [-0.4, -0.2) is 31.5 Å². The predicted octanol–water partition coefficient (Wildman–Crippen LogP) is 0.0868. The first kappa shape index (κ1) is 5.62. The average Bonchev–Trinajstić information content (AvgIpc) is 2.09. The second-order valence-corrected chi connectivity index (χ2v) is 2.90. The van der Waals surface area contributed by atoms with Crippen LogP contribution in [-0.2, 0) is 4.74 Å². The van der Waals surface area contributed by atoms with Gasteiger partial charge in [-0.2, -0.15) is 0 Å². The molecule has 2 heterocycles. The van der Waals surface area contributed by atoms with Gasteiger partial charge in [0.1, 0.15) is 6.17 Å². The molecule has 2 fully saturated rings. The van der Waals surface area contributed by atoms with E-state index in [4.69, 9.17) is 4.74 Å². The molecule has 0 aromatic carbocycles. The van der Waals surface area contributed by atoms with Crippen LogP contribution in [0.2, 0.25) is 0 Å². The van der Waals surface area contributed by atoms with Crippen molar-refractivity contribution in [1.29, 1.82) is 0 Å². The number of halogens is 1. The fourth-order valence-electron chi connectivity index (χ4n) is 1.44. The topological polar surface area (TPSA) is 21.3 Å². The monoisotopic (exact) mass is 131 g/mol. The Bertz CT molecular complexity index is 124. The average molecular weight is 131 g/mol. The van der Waals surface area contributed by atoms with Gasteiger partial charge in [0.15, 0.2) is 0 Å². The number of hydrogen-bond donors (Lipinski definition) is 1. The Kier molecular flexibility index (Phi) is 1.04. The highest BCUT2D eigenvalue weighted by atomic mass is 19.1. The Morgan fingerprint density at radius 2 is 2.33 bits per heavy atom. The van der Waals surface area contributed by atoms with Crippen LogP contribution in [0.5, 0.6) is 0 Å². The summed E-state index contributed by atoms with van der Waals surface area (Å²) in [4.78, 5) is 0. The molecule has 2 aliphatic rings. The third kappa shape index (κ3) is 0.756. The first-order valence-corrected chi connectivity index (χ1v) is 3.30. The normalized spacial score (nSPS) is 39.0. The SMILES string of the molecule is F[C@@H]1COC2(CNC2)C1. The molecule has 0 amide bonds. The Hall–Kier alpha value is -0.150. The standard InChI is InChI=1S/C6H10FNO/c7-5-1-6(9-2-5)3-8-4-6/h5,8H,1-4H2/t5-/m0/s1. The lowest BCUT2D eigenvalue weighted by Crippen LogP contribution is -2.59. The Labute approximate surface area is 53.4 Å². The fourth-order valence-corrected chi connectivity index (χ4v) is 1.44. The summed E-state index contributed by atoms with van der Waals surface area (Å²) in [6, 6.07) is 0. The van der Waals surface area contributed by atoms with Gasteiger partial charge in [-0.25, -0.2) is 4.39 Å². The van der Waals surface area contributed by atoms with Crippen molar-refractivity contribution in [3.63, 3.8) is 0 Å². The van der Waals surface area contributed by atoms with Crippen molar-refractivity contribution in [3.05, 3.63) is 0 Å². The van der Waals surface area contributed by atoms with Gasteiger partial charge in [0.05, 0.1) is 12.2 Å². The minimum absolute atomic E-state index is 0.0978. The molecule has 2 nitrogen and oxygen atoms in total. The quantitative estimate of drug-likeness (QED) is 0.503. The van der Waals surface area contributed by atoms with E-state index in [1.807, 2.05) is 0 Å². The molecule has 0 aromatic rings. The van der Waals surface area contributed by atoms with E-state index in [9.17, 15) is 4.39 Å². The predicted molar refractivity (Wildman–Crippen MR) is 31.1 cm³/mol. The van der Waals surface area contributed by atoms with E-state index < -0.39 is 6.17 Å². The second kappa shape index (κ2) is 1.67. The number of alkyl halides is 1. The van der Waals surface area contributed by atoms with Crippen molar-refractivity contribution in [2.45, 2.75) is 18.2 Å². The summed E-state index contributed by atoms with van der Waals surface area (Å²) >= 11 is 0. The van der Waals surface area contributed by atoms with Gasteiger partial charge < -0.3 is 10.1 Å². The van der Waals surface area contributed by atoms with Gasteiger partial charge >= 0.3 is 0 Å². The van der Waals surface area contributed by atoms with Crippen LogP contribution >= 0.6 is 0 Å². The molecule has 9 heavy (non-hydrogen) atoms. The molecule has 1 atom stereocenters. The van der Waals surface area contributed by atoms with Crippen molar-refractivity contribution in [3.8, 4) is 0 Å². The fraction of sp³-hybridized carbons (Fsp3) is 1.00. The Balaban J connectivity index is 1.99. The van der Waals surface area contributed by atoms with E-state index in [1.165, 1.54) is 0 Å². The minimum Gasteiger partial charge on any atom is -0.369 e. The summed E-state index contributed by atoms with van der Waals surface area (Å²) in [6.45, 7) is 1.99. The molecule has 1 N–H and O–H groups in total. The summed E-state index contributed by atoms with van der Waals surface area (Å²) in [5, 5.41) is 3.07. The first-order chi connectivity index (χ1) is 4.31. The Morgan fingerprint density at radius 1 is 1.56 bits per heavy atom. The van der Waals surface area contributed by atoms with Gasteiger partial charge in [0, 0.05) is 19.5 Å². The van der Waals surface area contributed by atoms with Crippen LogP contribution < -0.4 is 5.32 Å². The van der Waals surface area contributed by atoms with Crippen molar-refractivity contribution in [1.82, 2.24) is 5.32 Å². The third-order valence-electron chi connectivity index (χ3n) is 2.06. The van der Waals surface area contributed by atoms with E-state index in [0.717, 1.165) is 13.1 Å². The van der Waals surface area contributed by atoms with E-state index in [0.29, 0.717) is 13.0 Å². The van der Waals surface area contributed by atoms with Crippen molar-refractivity contribution >= 4 is 0 Å². The molecule has 0 aromatic heterocycles. The first-order valence-electron chi connectivity index (χ1n) is 3.30. The van der Waals surface area contributed by atoms with Gasteiger partial charge in [-0.05, 0) is 0 Å². The highest BCUT2D eigenvalue weighted by molar-refractivity contribution is 4.99. The van der Waals surface area contributed by atoms with Gasteiger partial charge in [-0.15, -0.1) is 0 Å². The zero-order chi connectivity index (χ0) is 6.32. The lowest BCUT2D eigenvalue weighted by molar-refractivity contribution is -0.0364. The summed E-state index contributed by atoms with van der Waals surface area (Å²) in [7, 11) is 0. The molecule has 2 aliphatic heterocycles. The van der Waals surface area contributed by atoms with Gasteiger partial charge in [-0.3, -0.25) is 0 Å². The van der Waals surface area contributed by atoms with Crippen molar-refractivity contribution < 1.29 is 9.13 Å². The third-order valence-corrected chi connectivity index (χ3v) is 2.06. The maximum absolute atomic E-state index is 12.5. The number of rotatable bonds is 0. The molecule has 1 spiro atoms. The molecule has 52 valence electrons. The van der Waals surface area contributed by atoms with Crippen molar-refractivity contribution in [2.24, 2.45) is 0 Å². The lowest BCUT2D eigenvalue weighted by atomic mass is 9.93. The molecule has 2 saturated heterocycles. The van der Waals surface area contributed by atoms with Gasteiger partial charge in [0.25, 0.3) is 0 Å². The van der Waals surface area contributed by atoms with Crippen LogP contribution in [0.4, 0.5) is 4.39 Å². The molecule has 0 bridgehead atoms. The number of ether oxygens (including phenoxy) is 1. The molecular formula is C6H10FNO. The zero-order valence-corrected chi connectivity index (χ0v) is 5.19. The summed E-state index contributed by atoms with van der Waals surface area (Å²) < 4.78 is 17.7. The largest absolute Gasteiger partial charge is 0.369 e. The highest BCUT2D eigenvalue weighted by Gasteiger charge is 2.45. The minimum atomic E-state index is -0.716. The Morgan fingerprint density at radius 3 is 2.56 bits per heavy atom. The van der Waals surface area contributed by atoms with Crippen LogP contribution in [0, 0.1) is 0 Å². The molecule has 0 radical (unpaired) electrons. The smallest absolute Gasteiger partial charge is 0.126 e. The van der Waals surface area contributed by atoms with Gasteiger partial charge in [0.2, 0.25) is 0 Å². The van der Waals surface area contributed by atoms with E-state index in [-0.39, 0.29) is 5.60 Å². The molecule has 0 unspecified atom stereocenters. The highest BCUT2D eigenvalue weighted by Crippen LogP contribution is 2.30. The van der Waals surface area contributed by atoms with Crippen molar-refractivity contribution in [2.75, 3.05) is 19.7 Å². The number of hydrogen-bond acceptors (Lipinski definition) is 2. The number of nitrogens with one attached hydrogen (secondary N) is 1. The van der Waals surface area contributed by atoms with E-state index in [1.54, 1.807) is 0 Å². The summed E-state index contributed by atoms with van der Waals surface area (Å²) in [5.74, 6) is 0. The van der Waals surface area contributed by atoms with Crippen LogP contribution in [0.15, 0.2) is 0 Å². The molecule has 0 saturated carbocycles. The second-order valence-electron chi connectivity index (χ2n) is 2.90. The molecule has 2 rings (SSSR count). The van der Waals surface area contributed by atoms with Crippen LogP contribution in [0.25, 0.3) is 0 Å². The zero-order valence-electron chi connectivity index (χ0n) is 5.19. The molecule has 3 heteroatoms. The van der Waals surface area contributed by atoms with Crippen LogP contribution in [0.3, 0.4) is 0 Å². The summed E-state index contributed by atoms with van der Waals surface area (Å²) in [5.41, 5.74) is -0.0978. The van der Waals surface area contributed by atoms with Gasteiger partial charge in [-0.1, -0.05) is 0 Å². The maximum atomic E-state index is 12.5. The summed E-state index contributed by atoms with van der Waals surface area (Å²) in [6.07, 6.45) is -0.118. The maximum Gasteiger partial charge on any atom is 0.126 e. The van der Waals surface area contributed by atoms with E-state index >= 15 is 0 Å². The van der Waals surface area contributed by atoms with E-state index in [2.05, 4.69) is 5.32 Å². The molecular weight excluding hydrogens is 121 g/mol. The lowest BCUT2D eigenvalue weighted by Gasteiger charge is -2.37. The van der Waals surface area contributed by atoms with Crippen LogP contribution in [0.1, 0.15) is 6.42 Å². The molecule has 0 aliphatic carbocycles.